The largest absolute Gasteiger partial charge is 0.445 e. The maximum Gasteiger partial charge on any atom is 0.410 e. The predicted molar refractivity (Wildman–Crippen MR) is 162 cm³/mol. The average molecular weight is 572 g/mol. The van der Waals surface area contributed by atoms with E-state index in [0.717, 1.165) is 16.7 Å². The van der Waals surface area contributed by atoms with Crippen molar-refractivity contribution in [1.29, 1.82) is 0 Å². The number of carbonyl (C=O) groups is 3. The highest BCUT2D eigenvalue weighted by molar-refractivity contribution is 5.86. The molecule has 0 bridgehead atoms. The SMILES string of the molecule is CC(NC(=O)OC(C)(C)C)C(=O)N1C[C@@H](Cc2ccccc2)N(C(=O)OCc2ccccc2)C[C@@H]1Cc1ccccc1. The van der Waals surface area contributed by atoms with Crippen LogP contribution in [0.2, 0.25) is 0 Å². The minimum Gasteiger partial charge on any atom is -0.445 e. The van der Waals surface area contributed by atoms with Crippen molar-refractivity contribution in [3.05, 3.63) is 108 Å². The standard InChI is InChI=1S/C34H41N3O5/c1-25(35-32(39)42-34(2,3)4)31(38)36-22-30(21-27-16-10-6-11-17-27)37(23-29(36)20-26-14-8-5-9-15-26)33(40)41-24-28-18-12-7-13-19-28/h5-19,25,29-30H,20-24H2,1-4H3,(H,35,39)/t25?,29-,30+/m0/s1. The van der Waals surface area contributed by atoms with Gasteiger partial charge in [-0.05, 0) is 57.2 Å². The van der Waals surface area contributed by atoms with Crippen LogP contribution < -0.4 is 5.32 Å². The Labute approximate surface area is 248 Å². The van der Waals surface area contributed by atoms with E-state index in [9.17, 15) is 14.4 Å². The van der Waals surface area contributed by atoms with Crippen LogP contribution in [0.1, 0.15) is 44.4 Å². The number of carbonyl (C=O) groups excluding carboxylic acids is 3. The van der Waals surface area contributed by atoms with Crippen molar-refractivity contribution in [2.45, 2.75) is 70.9 Å². The highest BCUT2D eigenvalue weighted by atomic mass is 16.6. The molecule has 4 rings (SSSR count). The molecule has 3 amide bonds. The molecule has 8 nitrogen and oxygen atoms in total. The third-order valence-electron chi connectivity index (χ3n) is 7.15. The summed E-state index contributed by atoms with van der Waals surface area (Å²) in [7, 11) is 0. The highest BCUT2D eigenvalue weighted by Crippen LogP contribution is 2.24. The second kappa shape index (κ2) is 14.0. The topological polar surface area (TPSA) is 88.2 Å². The van der Waals surface area contributed by atoms with Gasteiger partial charge in [0.15, 0.2) is 0 Å². The van der Waals surface area contributed by atoms with E-state index in [1.165, 1.54) is 0 Å². The molecule has 3 aromatic carbocycles. The van der Waals surface area contributed by atoms with Gasteiger partial charge in [0.1, 0.15) is 18.2 Å². The zero-order valence-corrected chi connectivity index (χ0v) is 24.9. The summed E-state index contributed by atoms with van der Waals surface area (Å²) in [4.78, 5) is 43.6. The summed E-state index contributed by atoms with van der Waals surface area (Å²) in [6, 6.07) is 27.9. The number of amides is 3. The maximum atomic E-state index is 13.9. The van der Waals surface area contributed by atoms with E-state index < -0.39 is 23.8 Å². The number of hydrogen-bond donors (Lipinski definition) is 1. The number of hydrogen-bond acceptors (Lipinski definition) is 5. The summed E-state index contributed by atoms with van der Waals surface area (Å²) in [6.45, 7) is 7.75. The van der Waals surface area contributed by atoms with Crippen LogP contribution in [-0.2, 0) is 33.7 Å². The minimum atomic E-state index is -0.813. The molecule has 0 aliphatic carbocycles. The average Bonchev–Trinajstić information content (AvgIpc) is 2.96. The minimum absolute atomic E-state index is 0.164. The Morgan fingerprint density at radius 1 is 0.762 bits per heavy atom. The number of nitrogens with one attached hydrogen (secondary N) is 1. The number of benzene rings is 3. The predicted octanol–water partition coefficient (Wildman–Crippen LogP) is 5.60. The van der Waals surface area contributed by atoms with Gasteiger partial charge in [-0.15, -0.1) is 0 Å². The number of nitrogens with zero attached hydrogens (tertiary/aromatic N) is 2. The molecule has 8 heteroatoms. The third-order valence-corrected chi connectivity index (χ3v) is 7.15. The zero-order valence-electron chi connectivity index (χ0n) is 24.9. The Morgan fingerprint density at radius 2 is 1.21 bits per heavy atom. The van der Waals surface area contributed by atoms with Crippen LogP contribution in [0.15, 0.2) is 91.0 Å². The van der Waals surface area contributed by atoms with Crippen molar-refractivity contribution in [3.8, 4) is 0 Å². The highest BCUT2D eigenvalue weighted by Gasteiger charge is 2.41. The lowest BCUT2D eigenvalue weighted by Gasteiger charge is -2.46. The zero-order chi connectivity index (χ0) is 30.1. The van der Waals surface area contributed by atoms with Gasteiger partial charge in [0.2, 0.25) is 5.91 Å². The Balaban J connectivity index is 1.59. The molecule has 3 atom stereocenters. The lowest BCUT2D eigenvalue weighted by atomic mass is 9.95. The molecule has 1 N–H and O–H groups in total. The molecule has 1 unspecified atom stereocenters. The van der Waals surface area contributed by atoms with E-state index in [2.05, 4.69) is 5.32 Å². The number of piperazine rings is 1. The molecule has 0 saturated carbocycles. The van der Waals surface area contributed by atoms with Crippen LogP contribution >= 0.6 is 0 Å². The van der Waals surface area contributed by atoms with Crippen LogP contribution in [0, 0.1) is 0 Å². The van der Waals surface area contributed by atoms with Gasteiger partial charge in [-0.25, -0.2) is 9.59 Å². The third kappa shape index (κ3) is 8.83. The lowest BCUT2D eigenvalue weighted by Crippen LogP contribution is -2.64. The van der Waals surface area contributed by atoms with Crippen LogP contribution in [0.25, 0.3) is 0 Å². The molecule has 3 aromatic rings. The summed E-state index contributed by atoms with van der Waals surface area (Å²) >= 11 is 0. The Morgan fingerprint density at radius 3 is 1.71 bits per heavy atom. The maximum absolute atomic E-state index is 13.9. The molecule has 222 valence electrons. The second-order valence-corrected chi connectivity index (χ2v) is 11.7. The van der Waals surface area contributed by atoms with E-state index in [4.69, 9.17) is 9.47 Å². The van der Waals surface area contributed by atoms with Crippen molar-refractivity contribution in [3.63, 3.8) is 0 Å². The molecule has 1 saturated heterocycles. The van der Waals surface area contributed by atoms with E-state index in [0.29, 0.717) is 25.9 Å². The van der Waals surface area contributed by atoms with Crippen molar-refractivity contribution < 1.29 is 23.9 Å². The fraction of sp³-hybridized carbons (Fsp3) is 0.382. The quantitative estimate of drug-likeness (QED) is 0.380. The Bertz CT molecular complexity index is 1310. The Kier molecular flexibility index (Phi) is 10.2. The van der Waals surface area contributed by atoms with E-state index >= 15 is 0 Å². The lowest BCUT2D eigenvalue weighted by molar-refractivity contribution is -0.139. The number of alkyl carbamates (subject to hydrolysis) is 1. The van der Waals surface area contributed by atoms with Crippen molar-refractivity contribution in [2.75, 3.05) is 13.1 Å². The molecule has 0 aromatic heterocycles. The van der Waals surface area contributed by atoms with Gasteiger partial charge in [0, 0.05) is 13.1 Å². The smallest absolute Gasteiger partial charge is 0.410 e. The van der Waals surface area contributed by atoms with Crippen LogP contribution in [-0.4, -0.2) is 64.7 Å². The Hall–Kier alpha value is -4.33. The summed E-state index contributed by atoms with van der Waals surface area (Å²) in [5.74, 6) is -0.225. The summed E-state index contributed by atoms with van der Waals surface area (Å²) in [6.07, 6.45) is 0.0419. The monoisotopic (exact) mass is 571 g/mol. The fourth-order valence-electron chi connectivity index (χ4n) is 5.16. The molecule has 1 aliphatic heterocycles. The molecule has 0 radical (unpaired) electrons. The molecule has 1 fully saturated rings. The molecule has 1 aliphatic rings. The number of ether oxygens (including phenoxy) is 2. The van der Waals surface area contributed by atoms with E-state index in [1.807, 2.05) is 95.9 Å². The van der Waals surface area contributed by atoms with Gasteiger partial charge in [0.25, 0.3) is 0 Å². The van der Waals surface area contributed by atoms with Gasteiger partial charge >= 0.3 is 12.2 Å². The van der Waals surface area contributed by atoms with Gasteiger partial charge in [-0.3, -0.25) is 4.79 Å². The molecule has 1 heterocycles. The first kappa shape index (κ1) is 30.6. The fourth-order valence-corrected chi connectivity index (χ4v) is 5.16. The van der Waals surface area contributed by atoms with Crippen molar-refractivity contribution >= 4 is 18.1 Å². The first-order chi connectivity index (χ1) is 20.1. The van der Waals surface area contributed by atoms with Crippen molar-refractivity contribution in [2.24, 2.45) is 0 Å². The number of rotatable bonds is 8. The second-order valence-electron chi connectivity index (χ2n) is 11.7. The van der Waals surface area contributed by atoms with Gasteiger partial charge in [-0.1, -0.05) is 91.0 Å². The van der Waals surface area contributed by atoms with Gasteiger partial charge in [0.05, 0.1) is 12.1 Å². The summed E-state index contributed by atoms with van der Waals surface area (Å²) in [5, 5.41) is 2.70. The molecule has 42 heavy (non-hydrogen) atoms. The van der Waals surface area contributed by atoms with Crippen molar-refractivity contribution in [1.82, 2.24) is 15.1 Å². The van der Waals surface area contributed by atoms with E-state index in [1.54, 1.807) is 32.6 Å². The van der Waals surface area contributed by atoms with Crippen LogP contribution in [0.3, 0.4) is 0 Å². The molecule has 0 spiro atoms. The summed E-state index contributed by atoms with van der Waals surface area (Å²) < 4.78 is 11.2. The first-order valence-corrected chi connectivity index (χ1v) is 14.4. The van der Waals surface area contributed by atoms with Gasteiger partial charge in [-0.2, -0.15) is 0 Å². The normalized spacial score (nSPS) is 17.7. The van der Waals surface area contributed by atoms with Gasteiger partial charge < -0.3 is 24.6 Å². The molecular formula is C34H41N3O5. The van der Waals surface area contributed by atoms with Crippen LogP contribution in [0.4, 0.5) is 9.59 Å². The first-order valence-electron chi connectivity index (χ1n) is 14.4. The summed E-state index contributed by atoms with van der Waals surface area (Å²) in [5.41, 5.74) is 2.32. The molecular weight excluding hydrogens is 530 g/mol. The van der Waals surface area contributed by atoms with Crippen LogP contribution in [0.5, 0.6) is 0 Å². The van der Waals surface area contributed by atoms with E-state index in [-0.39, 0.29) is 24.6 Å².